The lowest BCUT2D eigenvalue weighted by molar-refractivity contribution is -0.133. The molecule has 0 aliphatic rings. The van der Waals surface area contributed by atoms with E-state index in [0.717, 1.165) is 27.8 Å². The molecular weight excluding hydrogens is 725 g/mol. The van der Waals surface area contributed by atoms with Crippen LogP contribution in [0.1, 0.15) is 36.8 Å². The highest BCUT2D eigenvalue weighted by Gasteiger charge is 2.30. The second-order valence-corrected chi connectivity index (χ2v) is 13.6. The van der Waals surface area contributed by atoms with Gasteiger partial charge in [-0.05, 0) is 65.5 Å². The Labute approximate surface area is 332 Å². The van der Waals surface area contributed by atoms with Crippen LogP contribution in [-0.2, 0) is 32.0 Å². The van der Waals surface area contributed by atoms with Crippen LogP contribution < -0.4 is 49.5 Å². The van der Waals surface area contributed by atoms with Crippen LogP contribution in [-0.4, -0.2) is 72.9 Å². The third-order valence-corrected chi connectivity index (χ3v) is 9.23. The van der Waals surface area contributed by atoms with E-state index >= 15 is 0 Å². The van der Waals surface area contributed by atoms with Crippen molar-refractivity contribution in [3.05, 3.63) is 120 Å². The molecule has 0 spiro atoms. The first-order chi connectivity index (χ1) is 27.4. The molecule has 4 atom stereocenters. The molecule has 15 nitrogen and oxygen atoms in total. The highest BCUT2D eigenvalue weighted by molar-refractivity contribution is 5.94. The van der Waals surface area contributed by atoms with Gasteiger partial charge in [-0.25, -0.2) is 4.79 Å². The molecule has 0 aliphatic heterocycles. The van der Waals surface area contributed by atoms with Crippen molar-refractivity contribution >= 4 is 35.6 Å². The summed E-state index contributed by atoms with van der Waals surface area (Å²) in [6.07, 6.45) is 1.06. The van der Waals surface area contributed by atoms with E-state index in [2.05, 4.69) is 26.6 Å². The van der Waals surface area contributed by atoms with Crippen LogP contribution in [0.2, 0.25) is 0 Å². The van der Waals surface area contributed by atoms with Crippen LogP contribution in [0.5, 0.6) is 0 Å². The van der Waals surface area contributed by atoms with E-state index in [0.29, 0.717) is 12.0 Å². The first-order valence-corrected chi connectivity index (χ1v) is 18.8. The van der Waals surface area contributed by atoms with E-state index in [1.54, 1.807) is 0 Å². The van der Waals surface area contributed by atoms with Gasteiger partial charge in [-0.2, -0.15) is 0 Å². The van der Waals surface area contributed by atoms with Crippen LogP contribution in [0, 0.1) is 5.41 Å². The zero-order valence-electron chi connectivity index (χ0n) is 31.7. The molecule has 14 N–H and O–H groups in total. The number of benzene rings is 4. The van der Waals surface area contributed by atoms with Gasteiger partial charge in [0.05, 0.1) is 6.04 Å². The van der Waals surface area contributed by atoms with Crippen LogP contribution in [0.3, 0.4) is 0 Å². The molecule has 0 saturated heterocycles. The molecule has 0 aromatic heterocycles. The van der Waals surface area contributed by atoms with E-state index in [1.807, 2.05) is 109 Å². The highest BCUT2D eigenvalue weighted by Crippen LogP contribution is 2.21. The number of nitrogens with two attached hydrogens (primary N) is 4. The maximum absolute atomic E-state index is 14.0. The number of rotatable bonds is 21. The molecule has 6 amide bonds. The first kappa shape index (κ1) is 43.0. The molecule has 300 valence electrons. The third-order valence-electron chi connectivity index (χ3n) is 9.23. The Morgan fingerprint density at radius 2 is 0.930 bits per heavy atom. The molecule has 0 unspecified atom stereocenters. The lowest BCUT2D eigenvalue weighted by Gasteiger charge is -2.26. The van der Waals surface area contributed by atoms with Crippen molar-refractivity contribution in [2.24, 2.45) is 22.9 Å². The van der Waals surface area contributed by atoms with Crippen LogP contribution in [0.15, 0.2) is 109 Å². The smallest absolute Gasteiger partial charge is 0.312 e. The summed E-state index contributed by atoms with van der Waals surface area (Å²) in [7, 11) is 0. The maximum atomic E-state index is 14.0. The van der Waals surface area contributed by atoms with Crippen molar-refractivity contribution in [3.8, 4) is 22.3 Å². The Balaban J connectivity index is 1.51. The summed E-state index contributed by atoms with van der Waals surface area (Å²) in [4.78, 5) is 65.0. The van der Waals surface area contributed by atoms with Crippen molar-refractivity contribution in [2.75, 3.05) is 13.1 Å². The minimum Gasteiger partial charge on any atom is -0.370 e. The van der Waals surface area contributed by atoms with Gasteiger partial charge in [0.15, 0.2) is 5.96 Å². The van der Waals surface area contributed by atoms with Crippen molar-refractivity contribution in [1.29, 1.82) is 5.41 Å². The van der Waals surface area contributed by atoms with Gasteiger partial charge in [-0.3, -0.25) is 24.6 Å². The molecule has 4 aromatic rings. The Morgan fingerprint density at radius 3 is 1.42 bits per heavy atom. The van der Waals surface area contributed by atoms with Gasteiger partial charge < -0.3 is 49.5 Å². The number of urea groups is 1. The van der Waals surface area contributed by atoms with Crippen molar-refractivity contribution in [3.63, 3.8) is 0 Å². The number of nitrogens with one attached hydrogen (secondary N) is 6. The Hall–Kier alpha value is -6.74. The number of primary amides is 2. The van der Waals surface area contributed by atoms with E-state index in [9.17, 15) is 24.0 Å². The van der Waals surface area contributed by atoms with Gasteiger partial charge in [-0.1, -0.05) is 109 Å². The third kappa shape index (κ3) is 14.4. The normalized spacial score (nSPS) is 12.9. The Bertz CT molecular complexity index is 1940. The molecule has 0 aliphatic carbocycles. The lowest BCUT2D eigenvalue weighted by atomic mass is 9.99. The van der Waals surface area contributed by atoms with Crippen molar-refractivity contribution in [2.45, 2.75) is 62.7 Å². The molecule has 57 heavy (non-hydrogen) atoms. The number of hydrogen-bond acceptors (Lipinski definition) is 7. The van der Waals surface area contributed by atoms with E-state index in [-0.39, 0.29) is 51.2 Å². The van der Waals surface area contributed by atoms with Crippen molar-refractivity contribution < 1.29 is 24.0 Å². The highest BCUT2D eigenvalue weighted by atomic mass is 16.2. The standard InChI is InChI=1S/C42H52N10O5/c43-33(25-27-15-19-31(20-16-27)29-9-3-1-4-10-29)38(54)51-35(14-8-24-49-42(47)57)39(55)52-36(40(56)50-34(37(44)53)13-7-23-48-41(45)46)26-28-17-21-32(22-18-28)30-11-5-2-6-12-30/h1-6,9-12,15-22,33-36H,7-8,13-14,23-26,43H2,(H2,44,53)(H,50,56)(H,51,54)(H,52,55)(H4,45,46,48)(H3,47,49,57)/t33-,34-,35-,36-/m0/s1. The van der Waals surface area contributed by atoms with Gasteiger partial charge in [0, 0.05) is 19.5 Å². The molecular formula is C42H52N10O5. The summed E-state index contributed by atoms with van der Waals surface area (Å²) in [6.45, 7) is 0.404. The predicted molar refractivity (Wildman–Crippen MR) is 220 cm³/mol. The lowest BCUT2D eigenvalue weighted by Crippen LogP contribution is -2.58. The molecule has 4 aromatic carbocycles. The predicted octanol–water partition coefficient (Wildman–Crippen LogP) is 1.78. The topological polar surface area (TPSA) is 273 Å². The van der Waals surface area contributed by atoms with Crippen LogP contribution >= 0.6 is 0 Å². The second kappa shape index (κ2) is 22.0. The van der Waals surface area contributed by atoms with Gasteiger partial charge in [-0.15, -0.1) is 0 Å². The summed E-state index contributed by atoms with van der Waals surface area (Å²) >= 11 is 0. The monoisotopic (exact) mass is 776 g/mol. The first-order valence-electron chi connectivity index (χ1n) is 18.8. The largest absolute Gasteiger partial charge is 0.370 e. The van der Waals surface area contributed by atoms with Crippen LogP contribution in [0.25, 0.3) is 22.3 Å². The number of amides is 6. The summed E-state index contributed by atoms with van der Waals surface area (Å²) in [6, 6.07) is 29.6. The number of guanidine groups is 1. The summed E-state index contributed by atoms with van der Waals surface area (Å²) < 4.78 is 0. The van der Waals surface area contributed by atoms with E-state index in [4.69, 9.17) is 28.3 Å². The van der Waals surface area contributed by atoms with E-state index in [1.165, 1.54) is 0 Å². The average Bonchev–Trinajstić information content (AvgIpc) is 3.20. The summed E-state index contributed by atoms with van der Waals surface area (Å²) in [5, 5.41) is 20.6. The summed E-state index contributed by atoms with van der Waals surface area (Å²) in [5.74, 6) is -2.95. The van der Waals surface area contributed by atoms with Crippen molar-refractivity contribution in [1.82, 2.24) is 26.6 Å². The van der Waals surface area contributed by atoms with E-state index < -0.39 is 53.8 Å². The SMILES string of the molecule is N=C(N)NCCC[C@H](NC(=O)[C@H](Cc1ccc(-c2ccccc2)cc1)NC(=O)[C@H](CCCNC(N)=O)NC(=O)[C@@H](N)Cc1ccc(-c2ccccc2)cc1)C(N)=O. The Kier molecular flexibility index (Phi) is 16.6. The van der Waals surface area contributed by atoms with Gasteiger partial charge >= 0.3 is 6.03 Å². The quantitative estimate of drug-likeness (QED) is 0.0338. The second-order valence-electron chi connectivity index (χ2n) is 13.6. The number of carbonyl (C=O) groups is 5. The zero-order chi connectivity index (χ0) is 41.2. The number of carbonyl (C=O) groups excluding carboxylic acids is 5. The fourth-order valence-electron chi connectivity index (χ4n) is 6.14. The van der Waals surface area contributed by atoms with Crippen LogP contribution in [0.4, 0.5) is 4.79 Å². The number of hydrogen-bond donors (Lipinski definition) is 10. The molecule has 15 heteroatoms. The molecule has 0 fully saturated rings. The molecule has 0 heterocycles. The fourth-order valence-corrected chi connectivity index (χ4v) is 6.14. The van der Waals surface area contributed by atoms with Gasteiger partial charge in [0.1, 0.15) is 18.1 Å². The molecule has 0 saturated carbocycles. The minimum atomic E-state index is -1.20. The van der Waals surface area contributed by atoms with Gasteiger partial charge in [0.2, 0.25) is 23.6 Å². The minimum absolute atomic E-state index is 0.0341. The fraction of sp³-hybridized carbons (Fsp3) is 0.286. The molecule has 4 rings (SSSR count). The maximum Gasteiger partial charge on any atom is 0.312 e. The average molecular weight is 777 g/mol. The molecule has 0 bridgehead atoms. The Morgan fingerprint density at radius 1 is 0.509 bits per heavy atom. The van der Waals surface area contributed by atoms with Gasteiger partial charge in [0.25, 0.3) is 0 Å². The molecule has 0 radical (unpaired) electrons. The summed E-state index contributed by atoms with van der Waals surface area (Å²) in [5.41, 5.74) is 28.1. The zero-order valence-corrected chi connectivity index (χ0v) is 31.7.